The first kappa shape index (κ1) is 8.07. The molecule has 0 aliphatic heterocycles. The van der Waals surface area contributed by atoms with Crippen LogP contribution in [0.15, 0.2) is 27.8 Å². The molecular formula is C8H5ClN2O2. The molecule has 66 valence electrons. The van der Waals surface area contributed by atoms with Gasteiger partial charge in [0.25, 0.3) is 0 Å². The summed E-state index contributed by atoms with van der Waals surface area (Å²) in [5.41, 5.74) is 1.25. The number of rotatable bonds is 1. The van der Waals surface area contributed by atoms with Gasteiger partial charge in [-0.25, -0.2) is 4.98 Å². The number of hydrogen-bond acceptors (Lipinski definition) is 4. The summed E-state index contributed by atoms with van der Waals surface area (Å²) in [4.78, 5) is 4.00. The van der Waals surface area contributed by atoms with E-state index in [1.165, 1.54) is 0 Å². The first-order chi connectivity index (χ1) is 6.29. The third kappa shape index (κ3) is 1.48. The van der Waals surface area contributed by atoms with Gasteiger partial charge in [0, 0.05) is 5.02 Å². The number of oxazole rings is 1. The maximum atomic E-state index is 8.24. The lowest BCUT2D eigenvalue weighted by Crippen LogP contribution is -1.77. The smallest absolute Gasteiger partial charge is 0.241 e. The van der Waals surface area contributed by atoms with Gasteiger partial charge in [-0.3, -0.25) is 0 Å². The van der Waals surface area contributed by atoms with Gasteiger partial charge < -0.3 is 9.62 Å². The van der Waals surface area contributed by atoms with Crippen LogP contribution >= 0.6 is 11.6 Å². The van der Waals surface area contributed by atoms with Crippen molar-refractivity contribution in [1.29, 1.82) is 0 Å². The van der Waals surface area contributed by atoms with E-state index in [1.54, 1.807) is 18.2 Å². The number of nitrogens with zero attached hydrogens (tertiary/aromatic N) is 2. The summed E-state index contributed by atoms with van der Waals surface area (Å²) in [5.74, 6) is 0.250. The fourth-order valence-corrected chi connectivity index (χ4v) is 1.19. The summed E-state index contributed by atoms with van der Waals surface area (Å²) in [6.07, 6.45) is 1.12. The molecule has 4 nitrogen and oxygen atoms in total. The van der Waals surface area contributed by atoms with E-state index >= 15 is 0 Å². The molecule has 0 spiro atoms. The van der Waals surface area contributed by atoms with Crippen LogP contribution in [0.5, 0.6) is 0 Å². The van der Waals surface area contributed by atoms with Crippen molar-refractivity contribution >= 4 is 28.9 Å². The molecular weight excluding hydrogens is 192 g/mol. The summed E-state index contributed by atoms with van der Waals surface area (Å²) in [6.45, 7) is 0. The minimum absolute atomic E-state index is 0.250. The Labute approximate surface area is 78.4 Å². The van der Waals surface area contributed by atoms with Crippen LogP contribution < -0.4 is 0 Å². The average molecular weight is 197 g/mol. The van der Waals surface area contributed by atoms with Crippen molar-refractivity contribution in [1.82, 2.24) is 4.98 Å². The quantitative estimate of drug-likeness (QED) is 0.433. The minimum atomic E-state index is 0.250. The fourth-order valence-electron chi connectivity index (χ4n) is 1.02. The second kappa shape index (κ2) is 3.06. The second-order valence-electron chi connectivity index (χ2n) is 2.41. The van der Waals surface area contributed by atoms with E-state index in [-0.39, 0.29) is 5.89 Å². The number of benzene rings is 1. The lowest BCUT2D eigenvalue weighted by molar-refractivity contribution is 0.320. The van der Waals surface area contributed by atoms with Crippen molar-refractivity contribution < 1.29 is 9.62 Å². The van der Waals surface area contributed by atoms with Crippen LogP contribution in [0.25, 0.3) is 11.1 Å². The maximum absolute atomic E-state index is 8.24. The van der Waals surface area contributed by atoms with Crippen molar-refractivity contribution in [3.63, 3.8) is 0 Å². The Kier molecular flexibility index (Phi) is 1.90. The zero-order valence-corrected chi connectivity index (χ0v) is 7.19. The Morgan fingerprint density at radius 2 is 2.38 bits per heavy atom. The van der Waals surface area contributed by atoms with Gasteiger partial charge in [-0.1, -0.05) is 16.8 Å². The minimum Gasteiger partial charge on any atom is -0.435 e. The topological polar surface area (TPSA) is 58.6 Å². The lowest BCUT2D eigenvalue weighted by Gasteiger charge is -1.85. The molecule has 1 N–H and O–H groups in total. The zero-order chi connectivity index (χ0) is 9.26. The van der Waals surface area contributed by atoms with Crippen molar-refractivity contribution in [3.8, 4) is 0 Å². The Morgan fingerprint density at radius 1 is 1.54 bits per heavy atom. The van der Waals surface area contributed by atoms with Crippen LogP contribution in [0.3, 0.4) is 0 Å². The highest BCUT2D eigenvalue weighted by molar-refractivity contribution is 6.31. The van der Waals surface area contributed by atoms with E-state index in [1.807, 2.05) is 0 Å². The monoisotopic (exact) mass is 196 g/mol. The van der Waals surface area contributed by atoms with Crippen LogP contribution in [-0.4, -0.2) is 16.4 Å². The van der Waals surface area contributed by atoms with E-state index in [9.17, 15) is 0 Å². The van der Waals surface area contributed by atoms with E-state index in [0.717, 1.165) is 6.21 Å². The molecule has 0 aliphatic rings. The predicted molar refractivity (Wildman–Crippen MR) is 48.4 cm³/mol. The van der Waals surface area contributed by atoms with Crippen LogP contribution in [0, 0.1) is 0 Å². The third-order valence-corrected chi connectivity index (χ3v) is 1.77. The SMILES string of the molecule is O/N=C\c1nc2cc(Cl)ccc2o1. The Balaban J connectivity index is 2.62. The molecule has 1 aromatic carbocycles. The number of fused-ring (bicyclic) bond motifs is 1. The summed E-state index contributed by atoms with van der Waals surface area (Å²) in [7, 11) is 0. The maximum Gasteiger partial charge on any atom is 0.241 e. The number of halogens is 1. The van der Waals surface area contributed by atoms with Crippen molar-refractivity contribution in [3.05, 3.63) is 29.1 Å². The first-order valence-electron chi connectivity index (χ1n) is 3.53. The Hall–Kier alpha value is -1.55. The van der Waals surface area contributed by atoms with Crippen LogP contribution in [0.2, 0.25) is 5.02 Å². The predicted octanol–water partition coefficient (Wildman–Crippen LogP) is 2.29. The van der Waals surface area contributed by atoms with Gasteiger partial charge >= 0.3 is 0 Å². The van der Waals surface area contributed by atoms with Crippen molar-refractivity contribution in [2.24, 2.45) is 5.16 Å². The average Bonchev–Trinajstić information content (AvgIpc) is 2.46. The lowest BCUT2D eigenvalue weighted by atomic mass is 10.3. The summed E-state index contributed by atoms with van der Waals surface area (Å²) in [5, 5.41) is 11.6. The standard InChI is InChI=1S/C8H5ClN2O2/c9-5-1-2-7-6(3-5)11-8(13-7)4-10-12/h1-4,12H/b10-4-. The molecule has 13 heavy (non-hydrogen) atoms. The molecule has 1 aromatic heterocycles. The van der Waals surface area contributed by atoms with Gasteiger partial charge in [-0.2, -0.15) is 0 Å². The van der Waals surface area contributed by atoms with E-state index in [4.69, 9.17) is 21.2 Å². The normalized spacial score (nSPS) is 11.5. The molecule has 1 heterocycles. The molecule has 0 atom stereocenters. The van der Waals surface area contributed by atoms with E-state index in [0.29, 0.717) is 16.1 Å². The molecule has 2 aromatic rings. The van der Waals surface area contributed by atoms with Crippen LogP contribution in [0.1, 0.15) is 5.89 Å². The third-order valence-electron chi connectivity index (χ3n) is 1.53. The molecule has 0 saturated heterocycles. The Morgan fingerprint density at radius 3 is 3.15 bits per heavy atom. The summed E-state index contributed by atoms with van der Waals surface area (Å²) < 4.78 is 5.18. The molecule has 0 saturated carbocycles. The van der Waals surface area contributed by atoms with Crippen LogP contribution in [-0.2, 0) is 0 Å². The van der Waals surface area contributed by atoms with Gasteiger partial charge in [0.15, 0.2) is 5.58 Å². The van der Waals surface area contributed by atoms with Crippen molar-refractivity contribution in [2.45, 2.75) is 0 Å². The highest BCUT2D eigenvalue weighted by atomic mass is 35.5. The Bertz CT molecular complexity index is 464. The van der Waals surface area contributed by atoms with E-state index in [2.05, 4.69) is 10.1 Å². The molecule has 0 bridgehead atoms. The van der Waals surface area contributed by atoms with Gasteiger partial charge in [0.05, 0.1) is 0 Å². The number of aromatic nitrogens is 1. The van der Waals surface area contributed by atoms with Gasteiger partial charge in [0.1, 0.15) is 11.7 Å². The van der Waals surface area contributed by atoms with Gasteiger partial charge in [0.2, 0.25) is 5.89 Å². The zero-order valence-electron chi connectivity index (χ0n) is 6.44. The molecule has 0 fully saturated rings. The summed E-state index contributed by atoms with van der Waals surface area (Å²) >= 11 is 5.74. The highest BCUT2D eigenvalue weighted by Gasteiger charge is 2.03. The molecule has 0 amide bonds. The molecule has 0 aliphatic carbocycles. The molecule has 0 unspecified atom stereocenters. The van der Waals surface area contributed by atoms with E-state index < -0.39 is 0 Å². The second-order valence-corrected chi connectivity index (χ2v) is 2.85. The molecule has 5 heteroatoms. The first-order valence-corrected chi connectivity index (χ1v) is 3.91. The van der Waals surface area contributed by atoms with Crippen LogP contribution in [0.4, 0.5) is 0 Å². The fraction of sp³-hybridized carbons (Fsp3) is 0. The van der Waals surface area contributed by atoms with Gasteiger partial charge in [-0.15, -0.1) is 0 Å². The largest absolute Gasteiger partial charge is 0.435 e. The molecule has 0 radical (unpaired) electrons. The highest BCUT2D eigenvalue weighted by Crippen LogP contribution is 2.18. The van der Waals surface area contributed by atoms with Crippen molar-refractivity contribution in [2.75, 3.05) is 0 Å². The number of oxime groups is 1. The van der Waals surface area contributed by atoms with Gasteiger partial charge in [-0.05, 0) is 18.2 Å². The summed E-state index contributed by atoms with van der Waals surface area (Å²) in [6, 6.07) is 5.09. The number of hydrogen-bond donors (Lipinski definition) is 1. The molecule has 2 rings (SSSR count).